The molecule has 17 heavy (non-hydrogen) atoms. The van der Waals surface area contributed by atoms with Gasteiger partial charge in [0.2, 0.25) is 0 Å². The van der Waals surface area contributed by atoms with Gasteiger partial charge in [0.1, 0.15) is 5.75 Å². The fourth-order valence-corrected chi connectivity index (χ4v) is 2.28. The van der Waals surface area contributed by atoms with Crippen LogP contribution in [0.1, 0.15) is 24.0 Å². The monoisotopic (exact) mass is 240 g/mol. The van der Waals surface area contributed by atoms with Gasteiger partial charge in [0, 0.05) is 5.56 Å². The molecule has 0 amide bonds. The minimum absolute atomic E-state index is 0.153. The van der Waals surface area contributed by atoms with Crippen LogP contribution >= 0.6 is 0 Å². The molecule has 0 spiro atoms. The molecule has 0 atom stereocenters. The van der Waals surface area contributed by atoms with E-state index in [0.29, 0.717) is 24.0 Å². The summed E-state index contributed by atoms with van der Waals surface area (Å²) in [6.07, 6.45) is -2.51. The van der Waals surface area contributed by atoms with Crippen LogP contribution in [-0.4, -0.2) is 17.2 Å². The van der Waals surface area contributed by atoms with E-state index in [4.69, 9.17) is 5.11 Å². The van der Waals surface area contributed by atoms with Gasteiger partial charge in [-0.3, -0.25) is 4.79 Å². The van der Waals surface area contributed by atoms with Gasteiger partial charge in [-0.2, -0.15) is 8.78 Å². The summed E-state index contributed by atoms with van der Waals surface area (Å²) in [5.41, 5.74) is 0.137. The van der Waals surface area contributed by atoms with E-state index in [0.717, 1.165) is 0 Å². The van der Waals surface area contributed by atoms with Crippen molar-refractivity contribution in [1.82, 2.24) is 0 Å². The van der Waals surface area contributed by atoms with Gasteiger partial charge in [0.15, 0.2) is 0 Å². The number of ether oxygens (including phenoxy) is 1. The van der Waals surface area contributed by atoms with Crippen molar-refractivity contribution in [3.05, 3.63) is 29.3 Å². The van der Waals surface area contributed by atoms with Gasteiger partial charge in [-0.15, -0.1) is 0 Å². The predicted molar refractivity (Wildman–Crippen MR) is 54.3 cm³/mol. The zero-order valence-electron chi connectivity index (χ0n) is 8.87. The zero-order valence-corrected chi connectivity index (χ0v) is 8.87. The first-order valence-electron chi connectivity index (χ1n) is 5.37. The molecule has 3 nitrogen and oxygen atoms in total. The minimum atomic E-state index is -3.17. The molecule has 1 aliphatic carbocycles. The summed E-state index contributed by atoms with van der Waals surface area (Å²) in [5, 5.41) is 9.13. The van der Waals surface area contributed by atoms with Crippen molar-refractivity contribution in [3.8, 4) is 5.75 Å². The number of alkyl halides is 2. The number of carboxylic acid groups (broad SMARTS) is 1. The average molecular weight is 240 g/mol. The zero-order chi connectivity index (χ0) is 12.3. The Morgan fingerprint density at radius 1 is 1.35 bits per heavy atom. The molecule has 1 fully saturated rings. The molecule has 0 bridgehead atoms. The number of carbonyl (C=O) groups is 1. The first kappa shape index (κ1) is 10.5. The second-order valence-corrected chi connectivity index (χ2v) is 4.63. The van der Waals surface area contributed by atoms with E-state index in [1.54, 1.807) is 6.07 Å². The van der Waals surface area contributed by atoms with E-state index >= 15 is 0 Å². The fraction of sp³-hybridized carbons (Fsp3) is 0.417. The molecule has 2 aliphatic rings. The van der Waals surface area contributed by atoms with Crippen LogP contribution in [-0.2, 0) is 16.6 Å². The van der Waals surface area contributed by atoms with Crippen LogP contribution in [0.4, 0.5) is 8.78 Å². The highest BCUT2D eigenvalue weighted by Gasteiger charge is 2.52. The number of hydrogen-bond acceptors (Lipinski definition) is 2. The molecule has 1 aromatic carbocycles. The summed E-state index contributed by atoms with van der Waals surface area (Å²) in [6.45, 7) is 0. The first-order valence-corrected chi connectivity index (χ1v) is 5.37. The predicted octanol–water partition coefficient (Wildman–Crippen LogP) is 2.33. The van der Waals surface area contributed by atoms with Gasteiger partial charge in [-0.1, -0.05) is 12.1 Å². The Balaban J connectivity index is 1.99. The van der Waals surface area contributed by atoms with E-state index in [-0.39, 0.29) is 5.75 Å². The van der Waals surface area contributed by atoms with Crippen LogP contribution < -0.4 is 4.74 Å². The van der Waals surface area contributed by atoms with E-state index in [1.165, 1.54) is 12.1 Å². The lowest BCUT2D eigenvalue weighted by Gasteiger charge is -2.10. The quantitative estimate of drug-likeness (QED) is 0.862. The summed E-state index contributed by atoms with van der Waals surface area (Å²) < 4.78 is 30.5. The highest BCUT2D eigenvalue weighted by molar-refractivity contribution is 5.85. The lowest BCUT2D eigenvalue weighted by Crippen LogP contribution is -2.20. The highest BCUT2D eigenvalue weighted by atomic mass is 19.3. The molecule has 0 unspecified atom stereocenters. The summed E-state index contributed by atoms with van der Waals surface area (Å²) in [4.78, 5) is 11.1. The molecule has 0 radical (unpaired) electrons. The average Bonchev–Trinajstić information content (AvgIpc) is 2.95. The van der Waals surface area contributed by atoms with Crippen molar-refractivity contribution in [2.45, 2.75) is 30.8 Å². The summed E-state index contributed by atoms with van der Waals surface area (Å²) >= 11 is 0. The smallest absolute Gasteiger partial charge is 0.402 e. The molecule has 1 saturated carbocycles. The largest absolute Gasteiger partial charge is 0.481 e. The Hall–Kier alpha value is -1.65. The fourth-order valence-electron chi connectivity index (χ4n) is 2.28. The molecule has 90 valence electrons. The molecular formula is C12H10F2O3. The maximum atomic E-state index is 13.0. The van der Waals surface area contributed by atoms with E-state index in [1.807, 2.05) is 0 Å². The van der Waals surface area contributed by atoms with Crippen LogP contribution in [0.25, 0.3) is 0 Å². The van der Waals surface area contributed by atoms with Gasteiger partial charge in [-0.05, 0) is 24.5 Å². The van der Waals surface area contributed by atoms with Crippen molar-refractivity contribution < 1.29 is 23.4 Å². The summed E-state index contributed by atoms with van der Waals surface area (Å²) in [7, 11) is 0. The number of benzene rings is 1. The lowest BCUT2D eigenvalue weighted by molar-refractivity contribution is -0.159. The highest BCUT2D eigenvalue weighted by Crippen LogP contribution is 2.50. The Bertz CT molecular complexity index is 506. The maximum Gasteiger partial charge on any atom is 0.402 e. The van der Waals surface area contributed by atoms with Crippen molar-refractivity contribution in [2.75, 3.05) is 0 Å². The first-order chi connectivity index (χ1) is 7.93. The van der Waals surface area contributed by atoms with E-state index in [2.05, 4.69) is 4.74 Å². The maximum absolute atomic E-state index is 13.0. The number of rotatable bonds is 2. The van der Waals surface area contributed by atoms with Crippen molar-refractivity contribution >= 4 is 5.97 Å². The molecule has 1 N–H and O–H groups in total. The van der Waals surface area contributed by atoms with Gasteiger partial charge in [0.05, 0.1) is 11.8 Å². The van der Waals surface area contributed by atoms with Crippen LogP contribution in [0.5, 0.6) is 5.75 Å². The molecule has 1 aliphatic heterocycles. The number of halogens is 2. The summed E-state index contributed by atoms with van der Waals surface area (Å²) in [5.74, 6) is -0.733. The number of hydrogen-bond donors (Lipinski definition) is 1. The van der Waals surface area contributed by atoms with Gasteiger partial charge in [0.25, 0.3) is 0 Å². The van der Waals surface area contributed by atoms with Gasteiger partial charge >= 0.3 is 12.1 Å². The Morgan fingerprint density at radius 2 is 2.06 bits per heavy atom. The van der Waals surface area contributed by atoms with Crippen LogP contribution in [0, 0.1) is 0 Å². The standard InChI is InChI=1S/C12H10F2O3/c13-12(14)6-7-5-8(1-2-9(7)17-12)11(3-4-11)10(15)16/h1-2,5H,3-4,6H2,(H,15,16). The molecular weight excluding hydrogens is 230 g/mol. The van der Waals surface area contributed by atoms with Gasteiger partial charge in [-0.25, -0.2) is 0 Å². The van der Waals surface area contributed by atoms with Crippen molar-refractivity contribution in [1.29, 1.82) is 0 Å². The number of fused-ring (bicyclic) bond motifs is 1. The molecule has 0 aromatic heterocycles. The number of carboxylic acids is 1. The third kappa shape index (κ3) is 1.49. The molecule has 1 heterocycles. The SMILES string of the molecule is O=C(O)C1(c2ccc3c(c2)CC(F)(F)O3)CC1. The summed E-state index contributed by atoms with van der Waals surface area (Å²) in [6, 6.07) is 4.55. The Kier molecular flexibility index (Phi) is 1.83. The van der Waals surface area contributed by atoms with Gasteiger partial charge < -0.3 is 9.84 Å². The third-order valence-electron chi connectivity index (χ3n) is 3.43. The van der Waals surface area contributed by atoms with Crippen molar-refractivity contribution in [2.24, 2.45) is 0 Å². The van der Waals surface area contributed by atoms with E-state index in [9.17, 15) is 13.6 Å². The third-order valence-corrected chi connectivity index (χ3v) is 3.43. The second kappa shape index (κ2) is 2.97. The van der Waals surface area contributed by atoms with Crippen LogP contribution in [0.15, 0.2) is 18.2 Å². The Morgan fingerprint density at radius 3 is 2.65 bits per heavy atom. The number of aliphatic carboxylic acids is 1. The van der Waals surface area contributed by atoms with Crippen molar-refractivity contribution in [3.63, 3.8) is 0 Å². The molecule has 0 saturated heterocycles. The molecule has 5 heteroatoms. The second-order valence-electron chi connectivity index (χ2n) is 4.63. The lowest BCUT2D eigenvalue weighted by atomic mass is 9.94. The van der Waals surface area contributed by atoms with E-state index < -0.39 is 23.9 Å². The van der Waals surface area contributed by atoms with Crippen LogP contribution in [0.3, 0.4) is 0 Å². The molecule has 3 rings (SSSR count). The Labute approximate surface area is 96.0 Å². The molecule has 1 aromatic rings. The topological polar surface area (TPSA) is 46.5 Å². The minimum Gasteiger partial charge on any atom is -0.481 e. The normalized spacial score (nSPS) is 22.7. The van der Waals surface area contributed by atoms with Crippen LogP contribution in [0.2, 0.25) is 0 Å².